The Morgan fingerprint density at radius 1 is 1.25 bits per heavy atom. The van der Waals surface area contributed by atoms with Crippen LogP contribution in [0.5, 0.6) is 5.88 Å². The highest BCUT2D eigenvalue weighted by Crippen LogP contribution is 2.28. The molecule has 4 rings (SSSR count). The van der Waals surface area contributed by atoms with Crippen LogP contribution in [-0.4, -0.2) is 66.1 Å². The molecule has 0 aliphatic rings. The summed E-state index contributed by atoms with van der Waals surface area (Å²) in [6.07, 6.45) is 2.81. The van der Waals surface area contributed by atoms with Crippen LogP contribution in [0.4, 0.5) is 5.95 Å². The molecule has 4 aromatic rings. The molecule has 11 heteroatoms. The maximum atomic E-state index is 12.7. The number of aryl methyl sites for hydroxylation is 2. The van der Waals surface area contributed by atoms with E-state index in [4.69, 9.17) is 10.5 Å². The van der Waals surface area contributed by atoms with Crippen molar-refractivity contribution in [2.24, 2.45) is 14.1 Å². The van der Waals surface area contributed by atoms with Crippen molar-refractivity contribution < 1.29 is 14.6 Å². The van der Waals surface area contributed by atoms with E-state index in [2.05, 4.69) is 28.8 Å². The van der Waals surface area contributed by atoms with E-state index < -0.39 is 5.97 Å². The highest BCUT2D eigenvalue weighted by atomic mass is 16.5. The lowest BCUT2D eigenvalue weighted by Crippen LogP contribution is -2.33. The zero-order valence-corrected chi connectivity index (χ0v) is 20.9. The number of carboxylic acid groups (broad SMARTS) is 1. The highest BCUT2D eigenvalue weighted by Gasteiger charge is 2.20. The minimum atomic E-state index is -1.11. The number of pyridine rings is 1. The van der Waals surface area contributed by atoms with Crippen molar-refractivity contribution in [2.75, 3.05) is 32.0 Å². The number of nitrogens with two attached hydrogens (primary N) is 1. The molecule has 0 saturated carbocycles. The molecule has 0 amide bonds. The Morgan fingerprint density at radius 3 is 2.72 bits per heavy atom. The Labute approximate surface area is 208 Å². The number of likely N-dealkylation sites (N-methyl/N-ethyl adjacent to an activating group) is 1. The van der Waals surface area contributed by atoms with E-state index in [0.717, 1.165) is 24.1 Å². The number of para-hydroxylation sites is 2. The van der Waals surface area contributed by atoms with Gasteiger partial charge in [-0.15, -0.1) is 0 Å². The van der Waals surface area contributed by atoms with Gasteiger partial charge in [0.1, 0.15) is 6.61 Å². The van der Waals surface area contributed by atoms with Gasteiger partial charge in [0.2, 0.25) is 11.8 Å². The number of imidazole rings is 1. The zero-order valence-electron chi connectivity index (χ0n) is 20.9. The van der Waals surface area contributed by atoms with Crippen molar-refractivity contribution in [1.29, 1.82) is 0 Å². The summed E-state index contributed by atoms with van der Waals surface area (Å²) in [5.41, 5.74) is 8.45. The number of aromatic nitrogens is 5. The van der Waals surface area contributed by atoms with Crippen molar-refractivity contribution in [3.8, 4) is 17.0 Å². The van der Waals surface area contributed by atoms with E-state index in [1.54, 1.807) is 11.7 Å². The van der Waals surface area contributed by atoms with Gasteiger partial charge in [0, 0.05) is 39.4 Å². The highest BCUT2D eigenvalue weighted by molar-refractivity contribution is 5.89. The first-order chi connectivity index (χ1) is 17.2. The van der Waals surface area contributed by atoms with Crippen LogP contribution in [-0.2, 0) is 14.1 Å². The van der Waals surface area contributed by atoms with Crippen LogP contribution in [0.15, 0.2) is 47.5 Å². The molecule has 1 atom stereocenters. The zero-order chi connectivity index (χ0) is 26.0. The molecule has 0 aliphatic carbocycles. The molecule has 3 aromatic heterocycles. The molecule has 3 N–H and O–H groups in total. The van der Waals surface area contributed by atoms with E-state index in [1.165, 1.54) is 30.1 Å². The SMILES string of the molecule is CCN(CCOc1c(-c2cc(C(=O)O)cn(C)c2=O)cnn1C)CC(C)n1c(N)nc2ccccc21. The summed E-state index contributed by atoms with van der Waals surface area (Å²) in [7, 11) is 3.24. The fraction of sp³-hybridized carbons (Fsp3) is 0.360. The van der Waals surface area contributed by atoms with Gasteiger partial charge >= 0.3 is 5.97 Å². The number of hydrogen-bond donors (Lipinski definition) is 2. The van der Waals surface area contributed by atoms with Crippen LogP contribution in [0.25, 0.3) is 22.2 Å². The van der Waals surface area contributed by atoms with Gasteiger partial charge in [0.05, 0.1) is 33.9 Å². The Kier molecular flexibility index (Phi) is 7.11. The number of nitrogens with zero attached hydrogens (tertiary/aromatic N) is 6. The van der Waals surface area contributed by atoms with Crippen LogP contribution in [0.1, 0.15) is 30.2 Å². The Balaban J connectivity index is 1.48. The molecular formula is C25H31N7O4. The minimum absolute atomic E-state index is 0.0133. The first-order valence-electron chi connectivity index (χ1n) is 11.7. The van der Waals surface area contributed by atoms with Gasteiger partial charge in [-0.05, 0) is 31.7 Å². The Hall–Kier alpha value is -4.12. The maximum Gasteiger partial charge on any atom is 0.337 e. The van der Waals surface area contributed by atoms with Gasteiger partial charge < -0.3 is 24.7 Å². The molecule has 1 aromatic carbocycles. The van der Waals surface area contributed by atoms with E-state index in [0.29, 0.717) is 30.5 Å². The lowest BCUT2D eigenvalue weighted by atomic mass is 10.1. The number of anilines is 1. The molecule has 190 valence electrons. The molecule has 0 radical (unpaired) electrons. The number of aromatic carboxylic acids is 1. The average molecular weight is 494 g/mol. The first kappa shape index (κ1) is 25.0. The summed E-state index contributed by atoms with van der Waals surface area (Å²) in [4.78, 5) is 31.0. The lowest BCUT2D eigenvalue weighted by molar-refractivity contribution is 0.0696. The van der Waals surface area contributed by atoms with Crippen LogP contribution in [0, 0.1) is 0 Å². The molecule has 3 heterocycles. The second-order valence-corrected chi connectivity index (χ2v) is 8.77. The summed E-state index contributed by atoms with van der Waals surface area (Å²) in [5, 5.41) is 13.6. The Bertz CT molecular complexity index is 1450. The summed E-state index contributed by atoms with van der Waals surface area (Å²) < 4.78 is 10.9. The molecule has 11 nitrogen and oxygen atoms in total. The van der Waals surface area contributed by atoms with Gasteiger partial charge in [-0.25, -0.2) is 14.5 Å². The van der Waals surface area contributed by atoms with Crippen molar-refractivity contribution in [1.82, 2.24) is 28.8 Å². The third-order valence-electron chi connectivity index (χ3n) is 6.28. The molecular weight excluding hydrogens is 462 g/mol. The van der Waals surface area contributed by atoms with Gasteiger partial charge in [0.15, 0.2) is 0 Å². The largest absolute Gasteiger partial charge is 0.478 e. The summed E-state index contributed by atoms with van der Waals surface area (Å²) >= 11 is 0. The van der Waals surface area contributed by atoms with Gasteiger partial charge in [-0.1, -0.05) is 19.1 Å². The number of ether oxygens (including phenoxy) is 1. The monoisotopic (exact) mass is 493 g/mol. The number of rotatable bonds is 10. The second-order valence-electron chi connectivity index (χ2n) is 8.77. The smallest absolute Gasteiger partial charge is 0.337 e. The minimum Gasteiger partial charge on any atom is -0.478 e. The molecule has 0 fully saturated rings. The molecule has 36 heavy (non-hydrogen) atoms. The topological polar surface area (TPSA) is 133 Å². The van der Waals surface area contributed by atoms with Crippen LogP contribution in [0.2, 0.25) is 0 Å². The predicted molar refractivity (Wildman–Crippen MR) is 137 cm³/mol. The predicted octanol–water partition coefficient (Wildman–Crippen LogP) is 2.38. The number of carbonyl (C=O) groups is 1. The normalized spacial score (nSPS) is 12.4. The van der Waals surface area contributed by atoms with E-state index in [1.807, 2.05) is 28.8 Å². The number of benzene rings is 1. The van der Waals surface area contributed by atoms with Crippen molar-refractivity contribution >= 4 is 23.0 Å². The Morgan fingerprint density at radius 2 is 2.00 bits per heavy atom. The second kappa shape index (κ2) is 10.2. The number of hydrogen-bond acceptors (Lipinski definition) is 7. The van der Waals surface area contributed by atoms with Crippen molar-refractivity contribution in [2.45, 2.75) is 19.9 Å². The fourth-order valence-corrected chi connectivity index (χ4v) is 4.44. The van der Waals surface area contributed by atoms with E-state index in [9.17, 15) is 14.7 Å². The quantitative estimate of drug-likeness (QED) is 0.344. The third-order valence-corrected chi connectivity index (χ3v) is 6.28. The fourth-order valence-electron chi connectivity index (χ4n) is 4.44. The molecule has 0 bridgehead atoms. The van der Waals surface area contributed by atoms with Crippen LogP contribution >= 0.6 is 0 Å². The van der Waals surface area contributed by atoms with Crippen LogP contribution in [0.3, 0.4) is 0 Å². The molecule has 0 aliphatic heterocycles. The van der Waals surface area contributed by atoms with Gasteiger partial charge in [-0.3, -0.25) is 9.69 Å². The van der Waals surface area contributed by atoms with Gasteiger partial charge in [0.25, 0.3) is 5.56 Å². The number of nitrogen functional groups attached to an aromatic ring is 1. The van der Waals surface area contributed by atoms with Crippen molar-refractivity contribution in [3.05, 3.63) is 58.6 Å². The average Bonchev–Trinajstić information content (AvgIpc) is 3.38. The first-order valence-corrected chi connectivity index (χ1v) is 11.7. The van der Waals surface area contributed by atoms with Crippen LogP contribution < -0.4 is 16.0 Å². The molecule has 0 saturated heterocycles. The van der Waals surface area contributed by atoms with Gasteiger partial charge in [-0.2, -0.15) is 5.10 Å². The number of fused-ring (bicyclic) bond motifs is 1. The number of carboxylic acids is 1. The van der Waals surface area contributed by atoms with E-state index in [-0.39, 0.29) is 22.7 Å². The summed E-state index contributed by atoms with van der Waals surface area (Å²) in [5.74, 6) is -0.221. The third kappa shape index (κ3) is 4.82. The maximum absolute atomic E-state index is 12.7. The summed E-state index contributed by atoms with van der Waals surface area (Å²) in [6, 6.07) is 9.33. The molecule has 0 spiro atoms. The summed E-state index contributed by atoms with van der Waals surface area (Å²) in [6.45, 7) is 6.72. The molecule has 1 unspecified atom stereocenters. The van der Waals surface area contributed by atoms with Crippen molar-refractivity contribution in [3.63, 3.8) is 0 Å². The van der Waals surface area contributed by atoms with E-state index >= 15 is 0 Å². The lowest BCUT2D eigenvalue weighted by Gasteiger charge is -2.26. The standard InChI is InChI=1S/C25H31N7O4/c1-5-31(14-16(2)32-21-9-7-6-8-20(21)28-25(32)26)10-11-36-23-19(13-27-30(23)4)18-12-17(24(34)35)15-29(3)22(18)33/h6-9,12-13,15-16H,5,10-11,14H2,1-4H3,(H2,26,28)(H,34,35).